The van der Waals surface area contributed by atoms with E-state index in [0.29, 0.717) is 12.1 Å². The summed E-state index contributed by atoms with van der Waals surface area (Å²) in [6, 6.07) is 0.617. The molecule has 1 N–H and O–H groups in total. The van der Waals surface area contributed by atoms with Crippen LogP contribution in [0.15, 0.2) is 0 Å². The molecule has 90 valence electrons. The zero-order valence-electron chi connectivity index (χ0n) is 10.5. The minimum atomic E-state index is 0.466. The van der Waals surface area contributed by atoms with Gasteiger partial charge in [-0.05, 0) is 39.8 Å². The van der Waals surface area contributed by atoms with E-state index in [1.54, 1.807) is 0 Å². The minimum Gasteiger partial charge on any atom is -0.377 e. The largest absolute Gasteiger partial charge is 0.377 e. The first kappa shape index (κ1) is 12.9. The highest BCUT2D eigenvalue weighted by Gasteiger charge is 2.15. The van der Waals surface area contributed by atoms with Crippen molar-refractivity contribution < 1.29 is 4.74 Å². The van der Waals surface area contributed by atoms with Crippen LogP contribution < -0.4 is 5.32 Å². The fourth-order valence-electron chi connectivity index (χ4n) is 1.99. The molecule has 2 atom stereocenters. The predicted octanol–water partition coefficient (Wildman–Crippen LogP) is 1.49. The topological polar surface area (TPSA) is 24.5 Å². The fourth-order valence-corrected chi connectivity index (χ4v) is 1.99. The van der Waals surface area contributed by atoms with Gasteiger partial charge < -0.3 is 15.0 Å². The lowest BCUT2D eigenvalue weighted by molar-refractivity contribution is 0.108. The van der Waals surface area contributed by atoms with Crippen LogP contribution in [0.5, 0.6) is 0 Å². The summed E-state index contributed by atoms with van der Waals surface area (Å²) >= 11 is 0. The number of rotatable bonds is 7. The van der Waals surface area contributed by atoms with Crippen molar-refractivity contribution in [1.82, 2.24) is 10.2 Å². The number of hydrogen-bond acceptors (Lipinski definition) is 3. The molecule has 3 nitrogen and oxygen atoms in total. The van der Waals surface area contributed by atoms with Crippen molar-refractivity contribution in [1.29, 1.82) is 0 Å². The second-order valence-corrected chi connectivity index (χ2v) is 4.62. The molecule has 1 heterocycles. The van der Waals surface area contributed by atoms with Crippen molar-refractivity contribution in [3.05, 3.63) is 0 Å². The van der Waals surface area contributed by atoms with Gasteiger partial charge in [0.2, 0.25) is 0 Å². The fraction of sp³-hybridized carbons (Fsp3) is 1.00. The van der Waals surface area contributed by atoms with Crippen molar-refractivity contribution in [3.63, 3.8) is 0 Å². The summed E-state index contributed by atoms with van der Waals surface area (Å²) in [5.41, 5.74) is 0. The Kier molecular flexibility index (Phi) is 6.22. The van der Waals surface area contributed by atoms with Crippen LogP contribution >= 0.6 is 0 Å². The van der Waals surface area contributed by atoms with Crippen molar-refractivity contribution in [2.75, 3.05) is 33.3 Å². The zero-order valence-corrected chi connectivity index (χ0v) is 10.5. The van der Waals surface area contributed by atoms with Gasteiger partial charge in [0, 0.05) is 25.7 Å². The number of hydrogen-bond donors (Lipinski definition) is 1. The van der Waals surface area contributed by atoms with Gasteiger partial charge in [-0.2, -0.15) is 0 Å². The Balaban J connectivity index is 2.02. The molecule has 1 aliphatic heterocycles. The summed E-state index contributed by atoms with van der Waals surface area (Å²) < 4.78 is 5.57. The zero-order chi connectivity index (χ0) is 11.1. The Labute approximate surface area is 94.2 Å². The maximum atomic E-state index is 5.57. The first-order valence-corrected chi connectivity index (χ1v) is 6.26. The smallest absolute Gasteiger partial charge is 0.0700 e. The van der Waals surface area contributed by atoms with Gasteiger partial charge in [-0.15, -0.1) is 0 Å². The minimum absolute atomic E-state index is 0.466. The molecule has 0 saturated carbocycles. The van der Waals surface area contributed by atoms with Gasteiger partial charge in [0.1, 0.15) is 0 Å². The van der Waals surface area contributed by atoms with Crippen LogP contribution in [-0.2, 0) is 4.74 Å². The van der Waals surface area contributed by atoms with Gasteiger partial charge in [0.05, 0.1) is 6.10 Å². The van der Waals surface area contributed by atoms with E-state index in [4.69, 9.17) is 4.74 Å². The molecule has 0 radical (unpaired) electrons. The molecule has 3 heteroatoms. The van der Waals surface area contributed by atoms with Gasteiger partial charge in [-0.1, -0.05) is 6.92 Å². The summed E-state index contributed by atoms with van der Waals surface area (Å²) in [6.07, 6.45) is 4.16. The van der Waals surface area contributed by atoms with Crippen molar-refractivity contribution >= 4 is 0 Å². The van der Waals surface area contributed by atoms with Crippen molar-refractivity contribution in [2.24, 2.45) is 0 Å². The molecule has 1 saturated heterocycles. The van der Waals surface area contributed by atoms with Crippen LogP contribution in [0.1, 0.15) is 33.1 Å². The van der Waals surface area contributed by atoms with Gasteiger partial charge in [-0.25, -0.2) is 0 Å². The van der Waals surface area contributed by atoms with Gasteiger partial charge in [-0.3, -0.25) is 0 Å². The number of likely N-dealkylation sites (N-methyl/N-ethyl adjacent to an activating group) is 1. The van der Waals surface area contributed by atoms with Gasteiger partial charge >= 0.3 is 0 Å². The van der Waals surface area contributed by atoms with Gasteiger partial charge in [0.25, 0.3) is 0 Å². The van der Waals surface area contributed by atoms with E-state index < -0.39 is 0 Å². The number of nitrogens with zero attached hydrogens (tertiary/aromatic N) is 1. The second kappa shape index (κ2) is 7.20. The lowest BCUT2D eigenvalue weighted by Crippen LogP contribution is -2.40. The van der Waals surface area contributed by atoms with Crippen LogP contribution in [0.2, 0.25) is 0 Å². The third kappa shape index (κ3) is 4.96. The Morgan fingerprint density at radius 1 is 1.53 bits per heavy atom. The van der Waals surface area contributed by atoms with Crippen LogP contribution in [0.4, 0.5) is 0 Å². The Hall–Kier alpha value is -0.120. The quantitative estimate of drug-likeness (QED) is 0.695. The monoisotopic (exact) mass is 214 g/mol. The summed E-state index contributed by atoms with van der Waals surface area (Å²) in [5.74, 6) is 0. The average Bonchev–Trinajstić information content (AvgIpc) is 2.71. The Morgan fingerprint density at radius 3 is 2.93 bits per heavy atom. The third-order valence-corrected chi connectivity index (χ3v) is 3.16. The Bertz CT molecular complexity index is 158. The molecule has 0 aliphatic carbocycles. The summed E-state index contributed by atoms with van der Waals surface area (Å²) in [4.78, 5) is 2.41. The Morgan fingerprint density at radius 2 is 2.33 bits per heavy atom. The molecule has 1 fully saturated rings. The first-order valence-electron chi connectivity index (χ1n) is 6.26. The lowest BCUT2D eigenvalue weighted by atomic mass is 10.2. The highest BCUT2D eigenvalue weighted by atomic mass is 16.5. The van der Waals surface area contributed by atoms with E-state index in [1.807, 2.05) is 0 Å². The van der Waals surface area contributed by atoms with E-state index >= 15 is 0 Å². The van der Waals surface area contributed by atoms with Crippen LogP contribution in [0.3, 0.4) is 0 Å². The predicted molar refractivity (Wildman–Crippen MR) is 64.2 cm³/mol. The second-order valence-electron chi connectivity index (χ2n) is 4.62. The molecular weight excluding hydrogens is 188 g/mol. The number of nitrogens with one attached hydrogen (secondary N) is 1. The standard InChI is InChI=1S/C12H26N2O/c1-4-7-14(3)11(2)9-13-10-12-6-5-8-15-12/h11-13H,4-10H2,1-3H3. The molecule has 1 rings (SSSR count). The summed E-state index contributed by atoms with van der Waals surface area (Å²) in [6.45, 7) is 8.72. The summed E-state index contributed by atoms with van der Waals surface area (Å²) in [7, 11) is 2.20. The molecule has 0 spiro atoms. The molecule has 0 aromatic rings. The highest BCUT2D eigenvalue weighted by Crippen LogP contribution is 2.10. The highest BCUT2D eigenvalue weighted by molar-refractivity contribution is 4.71. The third-order valence-electron chi connectivity index (χ3n) is 3.16. The molecule has 0 aromatic heterocycles. The number of ether oxygens (including phenoxy) is 1. The normalized spacial score (nSPS) is 23.6. The van der Waals surface area contributed by atoms with Crippen LogP contribution in [0.25, 0.3) is 0 Å². The van der Waals surface area contributed by atoms with E-state index in [9.17, 15) is 0 Å². The lowest BCUT2D eigenvalue weighted by Gasteiger charge is -2.25. The van der Waals surface area contributed by atoms with E-state index in [0.717, 1.165) is 19.7 Å². The summed E-state index contributed by atoms with van der Waals surface area (Å²) in [5, 5.41) is 3.50. The van der Waals surface area contributed by atoms with E-state index in [-0.39, 0.29) is 0 Å². The SMILES string of the molecule is CCCN(C)C(C)CNCC1CCCO1. The molecule has 0 amide bonds. The maximum absolute atomic E-state index is 5.57. The average molecular weight is 214 g/mol. The maximum Gasteiger partial charge on any atom is 0.0700 e. The van der Waals surface area contributed by atoms with Crippen molar-refractivity contribution in [2.45, 2.75) is 45.3 Å². The molecular formula is C12H26N2O. The molecule has 2 unspecified atom stereocenters. The van der Waals surface area contributed by atoms with E-state index in [1.165, 1.54) is 25.8 Å². The molecule has 0 bridgehead atoms. The molecule has 0 aromatic carbocycles. The van der Waals surface area contributed by atoms with Crippen molar-refractivity contribution in [3.8, 4) is 0 Å². The molecule has 1 aliphatic rings. The van der Waals surface area contributed by atoms with Crippen LogP contribution in [0, 0.1) is 0 Å². The van der Waals surface area contributed by atoms with E-state index in [2.05, 4.69) is 31.1 Å². The molecule has 15 heavy (non-hydrogen) atoms. The van der Waals surface area contributed by atoms with Crippen LogP contribution in [-0.4, -0.2) is 50.3 Å². The first-order chi connectivity index (χ1) is 7.24. The van der Waals surface area contributed by atoms with Gasteiger partial charge in [0.15, 0.2) is 0 Å².